The summed E-state index contributed by atoms with van der Waals surface area (Å²) in [5.41, 5.74) is 2.04. The van der Waals surface area contributed by atoms with Gasteiger partial charge in [-0.25, -0.2) is 0 Å². The maximum Gasteiger partial charge on any atom is 0.221 e. The lowest BCUT2D eigenvalue weighted by Crippen LogP contribution is -2.47. The second-order valence-corrected chi connectivity index (χ2v) is 5.87. The van der Waals surface area contributed by atoms with Crippen LogP contribution in [0.2, 0.25) is 0 Å². The molecule has 22 heavy (non-hydrogen) atoms. The highest BCUT2D eigenvalue weighted by atomic mass is 16.2. The molecule has 2 N–H and O–H groups in total. The molecule has 2 amide bonds. The maximum atomic E-state index is 11.5. The summed E-state index contributed by atoms with van der Waals surface area (Å²) in [6.45, 7) is 6.23. The molecule has 1 aromatic rings. The van der Waals surface area contributed by atoms with Crippen LogP contribution in [0, 0.1) is 0 Å². The fraction of sp³-hybridized carbons (Fsp3) is 0.529. The van der Waals surface area contributed by atoms with E-state index in [1.807, 2.05) is 31.2 Å². The molecule has 120 valence electrons. The summed E-state index contributed by atoms with van der Waals surface area (Å²) in [4.78, 5) is 24.9. The minimum atomic E-state index is -0.0571. The van der Waals surface area contributed by atoms with Crippen LogP contribution in [0.1, 0.15) is 38.7 Å². The lowest BCUT2D eigenvalue weighted by Gasteiger charge is -2.33. The Hall–Kier alpha value is -1.88. The molecule has 5 nitrogen and oxygen atoms in total. The molecular weight excluding hydrogens is 278 g/mol. The Balaban J connectivity index is 1.87. The van der Waals surface area contributed by atoms with E-state index in [4.69, 9.17) is 0 Å². The van der Waals surface area contributed by atoms with Gasteiger partial charge in [-0.1, -0.05) is 19.1 Å². The Morgan fingerprint density at radius 1 is 1.27 bits per heavy atom. The number of carbonyl (C=O) groups is 2. The van der Waals surface area contributed by atoms with Crippen molar-refractivity contribution in [2.24, 2.45) is 0 Å². The molecular formula is C17H25N3O2. The number of likely N-dealkylation sites (tertiary alicyclic amines) is 1. The number of hydrogen-bond donors (Lipinski definition) is 2. The van der Waals surface area contributed by atoms with Crippen molar-refractivity contribution in [1.29, 1.82) is 0 Å². The number of nitrogens with zero attached hydrogens (tertiary/aromatic N) is 1. The second-order valence-electron chi connectivity index (χ2n) is 5.87. The van der Waals surface area contributed by atoms with Gasteiger partial charge in [0.25, 0.3) is 0 Å². The zero-order chi connectivity index (χ0) is 15.9. The van der Waals surface area contributed by atoms with Crippen LogP contribution in [0.3, 0.4) is 0 Å². The van der Waals surface area contributed by atoms with Crippen molar-refractivity contribution in [1.82, 2.24) is 10.2 Å². The van der Waals surface area contributed by atoms with Crippen molar-refractivity contribution in [3.63, 3.8) is 0 Å². The second kappa shape index (κ2) is 7.94. The molecule has 2 rings (SSSR count). The largest absolute Gasteiger partial charge is 0.352 e. The Morgan fingerprint density at radius 3 is 2.64 bits per heavy atom. The van der Waals surface area contributed by atoms with E-state index in [0.717, 1.165) is 38.2 Å². The van der Waals surface area contributed by atoms with Gasteiger partial charge < -0.3 is 10.6 Å². The van der Waals surface area contributed by atoms with Gasteiger partial charge in [0.1, 0.15) is 0 Å². The highest BCUT2D eigenvalue weighted by Gasteiger charge is 2.20. The molecule has 0 bridgehead atoms. The Kier molecular flexibility index (Phi) is 5.95. The normalized spacial score (nSPS) is 18.7. The molecule has 0 aliphatic carbocycles. The van der Waals surface area contributed by atoms with Crippen molar-refractivity contribution in [3.05, 3.63) is 29.8 Å². The van der Waals surface area contributed by atoms with Crippen molar-refractivity contribution in [3.8, 4) is 0 Å². The van der Waals surface area contributed by atoms with Crippen molar-refractivity contribution in [2.45, 2.75) is 45.7 Å². The van der Waals surface area contributed by atoms with Crippen molar-refractivity contribution < 1.29 is 9.59 Å². The Bertz CT molecular complexity index is 513. The first-order valence-electron chi connectivity index (χ1n) is 7.95. The predicted molar refractivity (Wildman–Crippen MR) is 87.5 cm³/mol. The van der Waals surface area contributed by atoms with Gasteiger partial charge in [0.15, 0.2) is 0 Å². The van der Waals surface area contributed by atoms with E-state index in [2.05, 4.69) is 15.5 Å². The monoisotopic (exact) mass is 303 g/mol. The van der Waals surface area contributed by atoms with E-state index < -0.39 is 0 Å². The summed E-state index contributed by atoms with van der Waals surface area (Å²) in [6.07, 6.45) is 2.71. The fourth-order valence-corrected chi connectivity index (χ4v) is 2.80. The molecule has 1 unspecified atom stereocenters. The van der Waals surface area contributed by atoms with E-state index >= 15 is 0 Å². The quantitative estimate of drug-likeness (QED) is 0.876. The summed E-state index contributed by atoms with van der Waals surface area (Å²) in [5.74, 6) is 0.0739. The van der Waals surface area contributed by atoms with Gasteiger partial charge in [-0.05, 0) is 37.1 Å². The number of hydrogen-bond acceptors (Lipinski definition) is 3. The van der Waals surface area contributed by atoms with Crippen LogP contribution >= 0.6 is 0 Å². The molecule has 0 spiro atoms. The van der Waals surface area contributed by atoms with Gasteiger partial charge in [-0.15, -0.1) is 0 Å². The number of rotatable bonds is 5. The lowest BCUT2D eigenvalue weighted by atomic mass is 10.0. The minimum absolute atomic E-state index is 0.0571. The van der Waals surface area contributed by atoms with Gasteiger partial charge in [-0.3, -0.25) is 14.5 Å². The van der Waals surface area contributed by atoms with E-state index in [-0.39, 0.29) is 17.9 Å². The average Bonchev–Trinajstić information content (AvgIpc) is 2.49. The van der Waals surface area contributed by atoms with Gasteiger partial charge in [0.2, 0.25) is 11.8 Å². The topological polar surface area (TPSA) is 61.4 Å². The number of anilines is 1. The maximum absolute atomic E-state index is 11.5. The van der Waals surface area contributed by atoms with Gasteiger partial charge in [0, 0.05) is 38.2 Å². The number of nitrogens with one attached hydrogen (secondary N) is 2. The number of piperidine rings is 1. The van der Waals surface area contributed by atoms with E-state index in [1.54, 1.807) is 0 Å². The zero-order valence-corrected chi connectivity index (χ0v) is 13.4. The minimum Gasteiger partial charge on any atom is -0.352 e. The summed E-state index contributed by atoms with van der Waals surface area (Å²) >= 11 is 0. The van der Waals surface area contributed by atoms with Crippen molar-refractivity contribution >= 4 is 17.5 Å². The molecule has 1 aliphatic rings. The average molecular weight is 303 g/mol. The molecule has 1 aromatic carbocycles. The zero-order valence-electron chi connectivity index (χ0n) is 13.4. The van der Waals surface area contributed by atoms with Gasteiger partial charge >= 0.3 is 0 Å². The molecule has 0 radical (unpaired) electrons. The Labute approximate surface area is 132 Å². The molecule has 1 aliphatic heterocycles. The summed E-state index contributed by atoms with van der Waals surface area (Å²) in [7, 11) is 0. The number of carbonyl (C=O) groups excluding carboxylic acids is 2. The van der Waals surface area contributed by atoms with Crippen LogP contribution in [0.4, 0.5) is 5.69 Å². The van der Waals surface area contributed by atoms with E-state index in [9.17, 15) is 9.59 Å². The first-order valence-corrected chi connectivity index (χ1v) is 7.95. The summed E-state index contributed by atoms with van der Waals surface area (Å²) in [6, 6.07) is 8.20. The third-order valence-corrected chi connectivity index (χ3v) is 3.87. The van der Waals surface area contributed by atoms with Crippen LogP contribution in [-0.4, -0.2) is 35.8 Å². The van der Waals surface area contributed by atoms with E-state index in [1.165, 1.54) is 12.5 Å². The van der Waals surface area contributed by atoms with Crippen LogP contribution in [-0.2, 0) is 16.1 Å². The van der Waals surface area contributed by atoms with Crippen molar-refractivity contribution in [2.75, 3.05) is 18.4 Å². The molecule has 1 atom stereocenters. The Morgan fingerprint density at radius 2 is 2.00 bits per heavy atom. The first-order chi connectivity index (χ1) is 10.6. The van der Waals surface area contributed by atoms with Crippen LogP contribution in [0.15, 0.2) is 24.3 Å². The van der Waals surface area contributed by atoms with Crippen LogP contribution in [0.5, 0.6) is 0 Å². The predicted octanol–water partition coefficient (Wildman–Crippen LogP) is 2.14. The summed E-state index contributed by atoms with van der Waals surface area (Å²) in [5, 5.41) is 5.86. The lowest BCUT2D eigenvalue weighted by molar-refractivity contribution is -0.121. The molecule has 0 aromatic heterocycles. The highest BCUT2D eigenvalue weighted by molar-refractivity contribution is 5.88. The highest BCUT2D eigenvalue weighted by Crippen LogP contribution is 2.16. The summed E-state index contributed by atoms with van der Waals surface area (Å²) < 4.78 is 0. The fourth-order valence-electron chi connectivity index (χ4n) is 2.80. The molecule has 1 heterocycles. The number of benzene rings is 1. The third-order valence-electron chi connectivity index (χ3n) is 3.87. The molecule has 1 fully saturated rings. The van der Waals surface area contributed by atoms with Crippen LogP contribution < -0.4 is 10.6 Å². The number of amides is 2. The first kappa shape index (κ1) is 16.5. The molecule has 5 heteroatoms. The van der Waals surface area contributed by atoms with Gasteiger partial charge in [0.05, 0.1) is 0 Å². The SMILES string of the molecule is CCC(=O)NC1CCCN(Cc2ccc(NC(C)=O)cc2)C1. The van der Waals surface area contributed by atoms with Gasteiger partial charge in [-0.2, -0.15) is 0 Å². The molecule has 1 saturated heterocycles. The molecule has 0 saturated carbocycles. The smallest absolute Gasteiger partial charge is 0.221 e. The van der Waals surface area contributed by atoms with Crippen LogP contribution in [0.25, 0.3) is 0 Å². The third kappa shape index (κ3) is 5.15. The van der Waals surface area contributed by atoms with E-state index in [0.29, 0.717) is 6.42 Å². The standard InChI is InChI=1S/C17H25N3O2/c1-3-17(22)19-16-5-4-10-20(12-16)11-14-6-8-15(9-7-14)18-13(2)21/h6-9,16H,3-5,10-12H2,1-2H3,(H,18,21)(H,19,22).